The smallest absolute Gasteiger partial charge is 0.409 e. The van der Waals surface area contributed by atoms with Crippen molar-refractivity contribution in [3.8, 4) is 0 Å². The van der Waals surface area contributed by atoms with Crippen LogP contribution in [0.3, 0.4) is 0 Å². The summed E-state index contributed by atoms with van der Waals surface area (Å²) in [4.78, 5) is 10.6. The van der Waals surface area contributed by atoms with E-state index >= 15 is 0 Å². The normalized spacial score (nSPS) is 27.1. The summed E-state index contributed by atoms with van der Waals surface area (Å²) in [6, 6.07) is 0. The second-order valence-electron chi connectivity index (χ2n) is 1.70. The third kappa shape index (κ3) is 0.616. The first-order valence-corrected chi connectivity index (χ1v) is 2.35. The van der Waals surface area contributed by atoms with Gasteiger partial charge in [-0.05, 0) is 0 Å². The summed E-state index contributed by atoms with van der Waals surface area (Å²) < 4.78 is 12.0. The van der Waals surface area contributed by atoms with Crippen LogP contribution in [0.15, 0.2) is 0 Å². The van der Waals surface area contributed by atoms with E-state index in [0.717, 1.165) is 4.90 Å². The molecule has 1 amide bonds. The highest BCUT2D eigenvalue weighted by Crippen LogP contribution is 2.17. The first-order valence-electron chi connectivity index (χ1n) is 2.35. The molecule has 1 fully saturated rings. The topological polar surface area (TPSA) is 40.5 Å². The van der Waals surface area contributed by atoms with Crippen LogP contribution < -0.4 is 0 Å². The Hall–Kier alpha value is -0.800. The van der Waals surface area contributed by atoms with Crippen LogP contribution in [0.25, 0.3) is 0 Å². The molecule has 1 rings (SSSR count). The van der Waals surface area contributed by atoms with E-state index in [4.69, 9.17) is 5.11 Å². The van der Waals surface area contributed by atoms with Crippen LogP contribution >= 0.6 is 0 Å². The highest BCUT2D eigenvalue weighted by atomic mass is 19.1. The average Bonchev–Trinajstić information content (AvgIpc) is 1.61. The van der Waals surface area contributed by atoms with Crippen LogP contribution in [0.5, 0.6) is 0 Å². The van der Waals surface area contributed by atoms with Gasteiger partial charge in [-0.25, -0.2) is 9.18 Å². The monoisotopic (exact) mass is 119 g/mol. The van der Waals surface area contributed by atoms with E-state index in [9.17, 15) is 9.18 Å². The summed E-state index contributed by atoms with van der Waals surface area (Å²) in [7, 11) is 0. The minimum Gasteiger partial charge on any atom is -0.465 e. The fourth-order valence-corrected chi connectivity index (χ4v) is 0.571. The number of hydrogen-bond acceptors (Lipinski definition) is 1. The molecule has 0 spiro atoms. The van der Waals surface area contributed by atoms with Crippen molar-refractivity contribution in [3.63, 3.8) is 0 Å². The fourth-order valence-electron chi connectivity index (χ4n) is 0.571. The molecule has 4 heteroatoms. The standard InChI is InChI=1S/C4H6FNO2/c5-3-1-2-6(3)4(7)8/h3H,1-2H2,(H,7,8). The molecule has 1 aliphatic heterocycles. The molecule has 0 radical (unpaired) electrons. The van der Waals surface area contributed by atoms with E-state index in [1.807, 2.05) is 0 Å². The molecule has 1 aliphatic rings. The van der Waals surface area contributed by atoms with Crippen LogP contribution in [0.4, 0.5) is 9.18 Å². The molecule has 1 N–H and O–H groups in total. The van der Waals surface area contributed by atoms with Gasteiger partial charge in [0, 0.05) is 13.0 Å². The molecule has 1 atom stereocenters. The minimum absolute atomic E-state index is 0.344. The van der Waals surface area contributed by atoms with Gasteiger partial charge in [0.05, 0.1) is 0 Å². The lowest BCUT2D eigenvalue weighted by atomic mass is 10.2. The molecule has 0 bridgehead atoms. The number of likely N-dealkylation sites (tertiary alicyclic amines) is 1. The maximum absolute atomic E-state index is 12.0. The van der Waals surface area contributed by atoms with Gasteiger partial charge >= 0.3 is 6.09 Å². The maximum Gasteiger partial charge on any atom is 0.409 e. The first kappa shape index (κ1) is 5.34. The Balaban J connectivity index is 2.37. The minimum atomic E-state index is -1.24. The van der Waals surface area contributed by atoms with Gasteiger partial charge in [0.2, 0.25) is 0 Å². The zero-order valence-corrected chi connectivity index (χ0v) is 4.17. The molecule has 0 aromatic rings. The van der Waals surface area contributed by atoms with Crippen LogP contribution in [-0.2, 0) is 0 Å². The number of rotatable bonds is 0. The van der Waals surface area contributed by atoms with Gasteiger partial charge in [-0.15, -0.1) is 0 Å². The van der Waals surface area contributed by atoms with Gasteiger partial charge in [-0.3, -0.25) is 4.90 Å². The third-order valence-electron chi connectivity index (χ3n) is 1.19. The Morgan fingerprint density at radius 3 is 2.50 bits per heavy atom. The van der Waals surface area contributed by atoms with E-state index < -0.39 is 12.4 Å². The van der Waals surface area contributed by atoms with Crippen molar-refractivity contribution in [2.75, 3.05) is 6.54 Å². The molecule has 0 aromatic heterocycles. The quantitative estimate of drug-likeness (QED) is 0.476. The van der Waals surface area contributed by atoms with E-state index in [2.05, 4.69) is 0 Å². The Labute approximate surface area is 45.7 Å². The van der Waals surface area contributed by atoms with Gasteiger partial charge in [0.15, 0.2) is 6.30 Å². The zero-order chi connectivity index (χ0) is 6.15. The summed E-state index contributed by atoms with van der Waals surface area (Å²) in [6.45, 7) is 0.344. The fraction of sp³-hybridized carbons (Fsp3) is 0.750. The molecule has 8 heavy (non-hydrogen) atoms. The van der Waals surface area contributed by atoms with Gasteiger partial charge in [-0.2, -0.15) is 0 Å². The number of carbonyl (C=O) groups is 1. The Kier molecular flexibility index (Phi) is 1.08. The zero-order valence-electron chi connectivity index (χ0n) is 4.17. The summed E-state index contributed by atoms with van der Waals surface area (Å²) in [5.41, 5.74) is 0. The molecule has 0 saturated carbocycles. The van der Waals surface area contributed by atoms with Crippen molar-refractivity contribution < 1.29 is 14.3 Å². The first-order chi connectivity index (χ1) is 3.72. The second-order valence-corrected chi connectivity index (χ2v) is 1.70. The lowest BCUT2D eigenvalue weighted by Gasteiger charge is -2.31. The van der Waals surface area contributed by atoms with Gasteiger partial charge in [0.1, 0.15) is 0 Å². The Bertz CT molecular complexity index is 117. The van der Waals surface area contributed by atoms with E-state index in [1.54, 1.807) is 0 Å². The SMILES string of the molecule is O=C(O)N1CCC1F. The Morgan fingerprint density at radius 2 is 2.50 bits per heavy atom. The number of halogens is 1. The van der Waals surface area contributed by atoms with E-state index in [-0.39, 0.29) is 0 Å². The van der Waals surface area contributed by atoms with Crippen LogP contribution in [0, 0.1) is 0 Å². The highest BCUT2D eigenvalue weighted by molar-refractivity contribution is 5.66. The molecular formula is C4H6FNO2. The molecule has 3 nitrogen and oxygen atoms in total. The third-order valence-corrected chi connectivity index (χ3v) is 1.19. The van der Waals surface area contributed by atoms with Crippen LogP contribution in [0.2, 0.25) is 0 Å². The molecule has 0 aromatic carbocycles. The number of nitrogens with zero attached hydrogens (tertiary/aromatic N) is 1. The molecule has 0 aliphatic carbocycles. The Morgan fingerprint density at radius 1 is 1.88 bits per heavy atom. The van der Waals surface area contributed by atoms with Crippen molar-refractivity contribution in [1.29, 1.82) is 0 Å². The predicted octanol–water partition coefficient (Wildman–Crippen LogP) is 0.666. The van der Waals surface area contributed by atoms with Crippen molar-refractivity contribution in [2.24, 2.45) is 0 Å². The largest absolute Gasteiger partial charge is 0.465 e. The summed E-state index contributed by atoms with van der Waals surface area (Å²) >= 11 is 0. The summed E-state index contributed by atoms with van der Waals surface area (Å²) in [5, 5.41) is 8.09. The lowest BCUT2D eigenvalue weighted by molar-refractivity contribution is 0.00426. The molecular weight excluding hydrogens is 113 g/mol. The molecule has 1 heterocycles. The van der Waals surface area contributed by atoms with Gasteiger partial charge < -0.3 is 5.11 Å². The van der Waals surface area contributed by atoms with Crippen molar-refractivity contribution in [2.45, 2.75) is 12.7 Å². The van der Waals surface area contributed by atoms with E-state index in [1.165, 1.54) is 0 Å². The van der Waals surface area contributed by atoms with Gasteiger partial charge in [-0.1, -0.05) is 0 Å². The number of amides is 1. The summed E-state index contributed by atoms with van der Waals surface area (Å²) in [5.74, 6) is 0. The lowest BCUT2D eigenvalue weighted by Crippen LogP contribution is -2.47. The molecule has 1 unspecified atom stereocenters. The van der Waals surface area contributed by atoms with Crippen molar-refractivity contribution in [1.82, 2.24) is 4.90 Å². The summed E-state index contributed by atoms with van der Waals surface area (Å²) in [6.07, 6.45) is -2.05. The highest BCUT2D eigenvalue weighted by Gasteiger charge is 2.31. The van der Waals surface area contributed by atoms with Crippen molar-refractivity contribution in [3.05, 3.63) is 0 Å². The van der Waals surface area contributed by atoms with Crippen LogP contribution in [0.1, 0.15) is 6.42 Å². The number of carboxylic acid groups (broad SMARTS) is 1. The second kappa shape index (κ2) is 1.61. The number of alkyl halides is 1. The molecule has 46 valence electrons. The van der Waals surface area contributed by atoms with Crippen molar-refractivity contribution >= 4 is 6.09 Å². The number of hydrogen-bond donors (Lipinski definition) is 1. The predicted molar refractivity (Wildman–Crippen MR) is 24.2 cm³/mol. The molecule has 1 saturated heterocycles. The average molecular weight is 119 g/mol. The van der Waals surface area contributed by atoms with Crippen LogP contribution in [-0.4, -0.2) is 28.9 Å². The maximum atomic E-state index is 12.0. The van der Waals surface area contributed by atoms with Gasteiger partial charge in [0.25, 0.3) is 0 Å². The van der Waals surface area contributed by atoms with E-state index in [0.29, 0.717) is 13.0 Å².